The number of amides is 2. The van der Waals surface area contributed by atoms with E-state index in [2.05, 4.69) is 5.32 Å². The van der Waals surface area contributed by atoms with Gasteiger partial charge >= 0.3 is 0 Å². The van der Waals surface area contributed by atoms with Crippen LogP contribution in [0.2, 0.25) is 0 Å². The van der Waals surface area contributed by atoms with Crippen LogP contribution < -0.4 is 5.32 Å². The summed E-state index contributed by atoms with van der Waals surface area (Å²) in [5.74, 6) is -0.0946. The van der Waals surface area contributed by atoms with E-state index in [1.807, 2.05) is 11.8 Å². The molecule has 0 aromatic heterocycles. The second kappa shape index (κ2) is 6.84. The Kier molecular flexibility index (Phi) is 5.75. The highest BCUT2D eigenvalue weighted by molar-refractivity contribution is 6.27. The van der Waals surface area contributed by atoms with Crippen molar-refractivity contribution in [1.82, 2.24) is 10.2 Å². The molecule has 0 bridgehead atoms. The van der Waals surface area contributed by atoms with Crippen molar-refractivity contribution in [3.05, 3.63) is 0 Å². The van der Waals surface area contributed by atoms with Gasteiger partial charge in [-0.1, -0.05) is 12.8 Å². The molecule has 5 heteroatoms. The first-order chi connectivity index (χ1) is 8.10. The monoisotopic (exact) mass is 260 g/mol. The number of nitrogens with zero attached hydrogens (tertiary/aromatic N) is 1. The lowest BCUT2D eigenvalue weighted by atomic mass is 9.89. The van der Waals surface area contributed by atoms with Gasteiger partial charge in [0.15, 0.2) is 0 Å². The van der Waals surface area contributed by atoms with Crippen LogP contribution in [0.25, 0.3) is 0 Å². The zero-order valence-electron chi connectivity index (χ0n) is 10.5. The zero-order chi connectivity index (χ0) is 12.8. The molecule has 1 N–H and O–H groups in total. The maximum absolute atomic E-state index is 11.6. The van der Waals surface area contributed by atoms with E-state index in [4.69, 9.17) is 11.6 Å². The Balaban J connectivity index is 2.70. The summed E-state index contributed by atoms with van der Waals surface area (Å²) >= 11 is 5.50. The number of nitrogens with one attached hydrogen (secondary N) is 1. The molecule has 0 aliphatic heterocycles. The van der Waals surface area contributed by atoms with Crippen molar-refractivity contribution < 1.29 is 9.59 Å². The Bertz CT molecular complexity index is 284. The molecule has 0 saturated heterocycles. The van der Waals surface area contributed by atoms with Crippen LogP contribution in [-0.2, 0) is 9.59 Å². The van der Waals surface area contributed by atoms with Gasteiger partial charge in [-0.25, -0.2) is 0 Å². The van der Waals surface area contributed by atoms with Crippen LogP contribution in [0.4, 0.5) is 0 Å². The van der Waals surface area contributed by atoms with E-state index < -0.39 is 0 Å². The van der Waals surface area contributed by atoms with Crippen LogP contribution in [0, 0.1) is 0 Å². The lowest BCUT2D eigenvalue weighted by Crippen LogP contribution is -2.54. The maximum Gasteiger partial charge on any atom is 0.235 e. The van der Waals surface area contributed by atoms with Crippen molar-refractivity contribution in [2.45, 2.75) is 51.6 Å². The van der Waals surface area contributed by atoms with Crippen LogP contribution in [0.15, 0.2) is 0 Å². The predicted octanol–water partition coefficient (Wildman–Crippen LogP) is 1.52. The van der Waals surface area contributed by atoms with Gasteiger partial charge in [-0.2, -0.15) is 0 Å². The van der Waals surface area contributed by atoms with Crippen molar-refractivity contribution in [3.8, 4) is 0 Å². The summed E-state index contributed by atoms with van der Waals surface area (Å²) in [4.78, 5) is 24.8. The maximum atomic E-state index is 11.6. The highest BCUT2D eigenvalue weighted by Gasteiger charge is 2.31. The van der Waals surface area contributed by atoms with E-state index >= 15 is 0 Å². The summed E-state index contributed by atoms with van der Waals surface area (Å²) in [7, 11) is 0. The van der Waals surface area contributed by atoms with Crippen LogP contribution >= 0.6 is 11.6 Å². The molecule has 1 saturated carbocycles. The van der Waals surface area contributed by atoms with Crippen LogP contribution in [0.5, 0.6) is 0 Å². The topological polar surface area (TPSA) is 49.4 Å². The number of hydrogen-bond donors (Lipinski definition) is 1. The highest BCUT2D eigenvalue weighted by Crippen LogP contribution is 2.23. The number of carbonyl (C=O) groups excluding carboxylic acids is 2. The van der Waals surface area contributed by atoms with E-state index in [-0.39, 0.29) is 29.8 Å². The van der Waals surface area contributed by atoms with Crippen molar-refractivity contribution in [1.29, 1.82) is 0 Å². The third-order valence-electron chi connectivity index (χ3n) is 3.34. The summed E-state index contributed by atoms with van der Waals surface area (Å²) in [6.07, 6.45) is 4.10. The average Bonchev–Trinajstić information content (AvgIpc) is 2.31. The SMILES string of the molecule is CCN(C(C)=O)[C@@H]1CCCC[C@H]1NC(=O)CCl. The van der Waals surface area contributed by atoms with Crippen molar-refractivity contribution >= 4 is 23.4 Å². The van der Waals surface area contributed by atoms with E-state index in [1.54, 1.807) is 6.92 Å². The first-order valence-electron chi connectivity index (χ1n) is 6.22. The fourth-order valence-corrected chi connectivity index (χ4v) is 2.67. The molecule has 0 heterocycles. The van der Waals surface area contributed by atoms with Gasteiger partial charge in [0.1, 0.15) is 5.88 Å². The van der Waals surface area contributed by atoms with Gasteiger partial charge in [-0.15, -0.1) is 11.6 Å². The number of rotatable bonds is 4. The Labute approximate surface area is 108 Å². The van der Waals surface area contributed by atoms with Gasteiger partial charge in [-0.3, -0.25) is 9.59 Å². The molecule has 17 heavy (non-hydrogen) atoms. The molecule has 0 aromatic rings. The van der Waals surface area contributed by atoms with E-state index in [0.29, 0.717) is 6.54 Å². The van der Waals surface area contributed by atoms with Gasteiger partial charge < -0.3 is 10.2 Å². The number of carbonyl (C=O) groups is 2. The molecule has 1 aliphatic carbocycles. The summed E-state index contributed by atoms with van der Waals surface area (Å²) in [6, 6.07) is 0.178. The molecule has 0 aromatic carbocycles. The predicted molar refractivity (Wildman–Crippen MR) is 68.0 cm³/mol. The molecule has 4 nitrogen and oxygen atoms in total. The molecule has 1 aliphatic rings. The fraction of sp³-hybridized carbons (Fsp3) is 0.833. The fourth-order valence-electron chi connectivity index (χ4n) is 2.59. The first-order valence-corrected chi connectivity index (χ1v) is 6.76. The Hall–Kier alpha value is -0.770. The lowest BCUT2D eigenvalue weighted by Gasteiger charge is -2.39. The summed E-state index contributed by atoms with van der Waals surface area (Å²) in [5, 5.41) is 2.92. The standard InChI is InChI=1S/C12H21ClN2O2/c1-3-15(9(2)16)11-7-5-4-6-10(11)14-12(17)8-13/h10-11H,3-8H2,1-2H3,(H,14,17)/t10-,11-/m1/s1. The van der Waals surface area contributed by atoms with Crippen molar-refractivity contribution in [2.24, 2.45) is 0 Å². The minimum Gasteiger partial charge on any atom is -0.350 e. The lowest BCUT2D eigenvalue weighted by molar-refractivity contribution is -0.133. The summed E-state index contributed by atoms with van der Waals surface area (Å²) in [5.41, 5.74) is 0. The van der Waals surface area contributed by atoms with Crippen LogP contribution in [0.1, 0.15) is 39.5 Å². The summed E-state index contributed by atoms with van der Waals surface area (Å²) < 4.78 is 0. The van der Waals surface area contributed by atoms with E-state index in [1.165, 1.54) is 0 Å². The Morgan fingerprint density at radius 3 is 2.53 bits per heavy atom. The molecule has 2 amide bonds. The van der Waals surface area contributed by atoms with Crippen molar-refractivity contribution in [3.63, 3.8) is 0 Å². The van der Waals surface area contributed by atoms with Gasteiger partial charge in [0.25, 0.3) is 0 Å². The average molecular weight is 261 g/mol. The third-order valence-corrected chi connectivity index (χ3v) is 3.59. The minimum absolute atomic E-state index is 0.0184. The molecule has 1 fully saturated rings. The smallest absolute Gasteiger partial charge is 0.235 e. The quantitative estimate of drug-likeness (QED) is 0.780. The molecule has 0 radical (unpaired) electrons. The number of halogens is 1. The molecule has 2 atom stereocenters. The van der Waals surface area contributed by atoms with Crippen LogP contribution in [-0.4, -0.2) is 41.2 Å². The normalized spacial score (nSPS) is 24.2. The van der Waals surface area contributed by atoms with Gasteiger partial charge in [0.2, 0.25) is 11.8 Å². The summed E-state index contributed by atoms with van der Waals surface area (Å²) in [6.45, 7) is 4.24. The second-order valence-electron chi connectivity index (χ2n) is 4.46. The number of likely N-dealkylation sites (N-methyl/N-ethyl adjacent to an activating group) is 1. The highest BCUT2D eigenvalue weighted by atomic mass is 35.5. The van der Waals surface area contributed by atoms with E-state index in [0.717, 1.165) is 25.7 Å². The molecular weight excluding hydrogens is 240 g/mol. The molecule has 98 valence electrons. The first kappa shape index (κ1) is 14.3. The zero-order valence-corrected chi connectivity index (χ0v) is 11.3. The van der Waals surface area contributed by atoms with Gasteiger partial charge in [0, 0.05) is 19.5 Å². The molecular formula is C12H21ClN2O2. The number of hydrogen-bond acceptors (Lipinski definition) is 2. The van der Waals surface area contributed by atoms with Gasteiger partial charge in [0.05, 0.1) is 6.04 Å². The van der Waals surface area contributed by atoms with Gasteiger partial charge in [-0.05, 0) is 19.8 Å². The largest absolute Gasteiger partial charge is 0.350 e. The Morgan fingerprint density at radius 2 is 2.00 bits per heavy atom. The molecule has 1 rings (SSSR count). The van der Waals surface area contributed by atoms with Crippen LogP contribution in [0.3, 0.4) is 0 Å². The third kappa shape index (κ3) is 3.87. The second-order valence-corrected chi connectivity index (χ2v) is 4.73. The number of alkyl halides is 1. The molecule has 0 spiro atoms. The van der Waals surface area contributed by atoms with Crippen molar-refractivity contribution in [2.75, 3.05) is 12.4 Å². The Morgan fingerprint density at radius 1 is 1.35 bits per heavy atom. The van der Waals surface area contributed by atoms with E-state index in [9.17, 15) is 9.59 Å². The molecule has 0 unspecified atom stereocenters. The minimum atomic E-state index is -0.150.